The van der Waals surface area contributed by atoms with Crippen LogP contribution in [0.5, 0.6) is 5.75 Å². The van der Waals surface area contributed by atoms with Crippen molar-refractivity contribution in [1.29, 1.82) is 0 Å². The summed E-state index contributed by atoms with van der Waals surface area (Å²) in [4.78, 5) is 11.7. The molecule has 0 amide bonds. The zero-order valence-corrected chi connectivity index (χ0v) is 12.4. The lowest BCUT2D eigenvalue weighted by Gasteiger charge is -2.33. The molecule has 0 atom stereocenters. The number of hydrogen-bond acceptors (Lipinski definition) is 2. The maximum Gasteiger partial charge on any atom is 0.314 e. The fraction of sp³-hybridized carbons (Fsp3) is 0.588. The third-order valence-corrected chi connectivity index (χ3v) is 4.11. The van der Waals surface area contributed by atoms with Crippen LogP contribution in [0, 0.1) is 5.92 Å². The Morgan fingerprint density at radius 2 is 1.80 bits per heavy atom. The van der Waals surface area contributed by atoms with Crippen molar-refractivity contribution in [1.82, 2.24) is 0 Å². The van der Waals surface area contributed by atoms with Crippen LogP contribution >= 0.6 is 0 Å². The number of benzene rings is 1. The molecular formula is C17H24O3. The summed E-state index contributed by atoms with van der Waals surface area (Å²) in [7, 11) is 0. The molecule has 1 aromatic carbocycles. The van der Waals surface area contributed by atoms with Crippen molar-refractivity contribution >= 4 is 5.97 Å². The van der Waals surface area contributed by atoms with E-state index >= 15 is 0 Å². The van der Waals surface area contributed by atoms with E-state index in [-0.39, 0.29) is 0 Å². The van der Waals surface area contributed by atoms with Crippen molar-refractivity contribution < 1.29 is 14.6 Å². The van der Waals surface area contributed by atoms with Crippen LogP contribution in [0.1, 0.15) is 51.5 Å². The first kappa shape index (κ1) is 14.9. The topological polar surface area (TPSA) is 46.5 Å². The maximum atomic E-state index is 11.7. The molecule has 0 saturated heterocycles. The molecule has 20 heavy (non-hydrogen) atoms. The third kappa shape index (κ3) is 3.14. The average Bonchev–Trinajstić information content (AvgIpc) is 2.46. The third-order valence-electron chi connectivity index (χ3n) is 4.11. The second kappa shape index (κ2) is 6.29. The van der Waals surface area contributed by atoms with E-state index in [1.165, 1.54) is 0 Å². The molecule has 0 spiro atoms. The molecule has 0 heterocycles. The summed E-state index contributed by atoms with van der Waals surface area (Å²) in [5, 5.41) is 9.66. The van der Waals surface area contributed by atoms with Gasteiger partial charge in [0.2, 0.25) is 0 Å². The highest BCUT2D eigenvalue weighted by Crippen LogP contribution is 2.40. The number of ether oxygens (including phenoxy) is 1. The number of hydrogen-bond donors (Lipinski definition) is 1. The Morgan fingerprint density at radius 1 is 1.20 bits per heavy atom. The van der Waals surface area contributed by atoms with Gasteiger partial charge in [0, 0.05) is 0 Å². The predicted molar refractivity (Wildman–Crippen MR) is 79.2 cm³/mol. The van der Waals surface area contributed by atoms with Crippen LogP contribution in [0.25, 0.3) is 0 Å². The fourth-order valence-corrected chi connectivity index (χ4v) is 2.91. The Bertz CT molecular complexity index is 442. The molecule has 3 nitrogen and oxygen atoms in total. The second-order valence-electron chi connectivity index (χ2n) is 6.18. The lowest BCUT2D eigenvalue weighted by Crippen LogP contribution is -2.37. The first-order chi connectivity index (χ1) is 9.54. The van der Waals surface area contributed by atoms with Crippen molar-refractivity contribution in [3.63, 3.8) is 0 Å². The van der Waals surface area contributed by atoms with Gasteiger partial charge in [-0.1, -0.05) is 45.2 Å². The van der Waals surface area contributed by atoms with Crippen molar-refractivity contribution in [2.45, 2.75) is 51.4 Å². The van der Waals surface area contributed by atoms with Gasteiger partial charge >= 0.3 is 5.97 Å². The lowest BCUT2D eigenvalue weighted by atomic mass is 9.69. The van der Waals surface area contributed by atoms with Crippen LogP contribution in [0.3, 0.4) is 0 Å². The van der Waals surface area contributed by atoms with Crippen molar-refractivity contribution in [3.8, 4) is 5.75 Å². The number of carboxylic acid groups (broad SMARTS) is 1. The molecule has 0 radical (unpaired) electrons. The Morgan fingerprint density at radius 3 is 2.30 bits per heavy atom. The van der Waals surface area contributed by atoms with E-state index < -0.39 is 11.4 Å². The van der Waals surface area contributed by atoms with Gasteiger partial charge in [-0.05, 0) is 36.5 Å². The average molecular weight is 276 g/mol. The SMILES string of the molecule is CC(C)COc1ccc(C2(C(=O)O)CCCCC2)cc1. The summed E-state index contributed by atoms with van der Waals surface area (Å²) in [6, 6.07) is 7.65. The summed E-state index contributed by atoms with van der Waals surface area (Å²) in [5.74, 6) is 0.616. The fourth-order valence-electron chi connectivity index (χ4n) is 2.91. The largest absolute Gasteiger partial charge is 0.493 e. The molecular weight excluding hydrogens is 252 g/mol. The number of carboxylic acids is 1. The Kier molecular flexibility index (Phi) is 4.69. The van der Waals surface area contributed by atoms with E-state index in [2.05, 4.69) is 13.8 Å². The zero-order chi connectivity index (χ0) is 14.6. The molecule has 3 heteroatoms. The normalized spacial score (nSPS) is 17.9. The van der Waals surface area contributed by atoms with Gasteiger partial charge in [0.05, 0.1) is 12.0 Å². The van der Waals surface area contributed by atoms with Crippen LogP contribution in [0.2, 0.25) is 0 Å². The Hall–Kier alpha value is -1.51. The van der Waals surface area contributed by atoms with E-state index in [0.717, 1.165) is 43.4 Å². The smallest absolute Gasteiger partial charge is 0.314 e. The van der Waals surface area contributed by atoms with Gasteiger partial charge in [-0.15, -0.1) is 0 Å². The van der Waals surface area contributed by atoms with Gasteiger partial charge in [0.15, 0.2) is 0 Å². The van der Waals surface area contributed by atoms with Crippen LogP contribution in [-0.4, -0.2) is 17.7 Å². The Balaban J connectivity index is 2.16. The predicted octanol–water partition coefficient (Wildman–Crippen LogP) is 4.01. The highest BCUT2D eigenvalue weighted by molar-refractivity contribution is 5.81. The summed E-state index contributed by atoms with van der Waals surface area (Å²) in [5.41, 5.74) is 0.232. The van der Waals surface area contributed by atoms with Gasteiger partial charge in [0.25, 0.3) is 0 Å². The summed E-state index contributed by atoms with van der Waals surface area (Å²) in [6.45, 7) is 4.90. The molecule has 0 bridgehead atoms. The molecule has 1 aliphatic rings. The highest BCUT2D eigenvalue weighted by atomic mass is 16.5. The second-order valence-corrected chi connectivity index (χ2v) is 6.18. The highest BCUT2D eigenvalue weighted by Gasteiger charge is 2.41. The number of aliphatic carboxylic acids is 1. The maximum absolute atomic E-state index is 11.7. The van der Waals surface area contributed by atoms with Crippen LogP contribution in [-0.2, 0) is 10.2 Å². The molecule has 2 rings (SSSR count). The van der Waals surface area contributed by atoms with Gasteiger partial charge in [0.1, 0.15) is 5.75 Å². The minimum absolute atomic E-state index is 0.485. The standard InChI is InChI=1S/C17H24O3/c1-13(2)12-20-15-8-6-14(7-9-15)17(16(18)19)10-4-3-5-11-17/h6-9,13H,3-5,10-12H2,1-2H3,(H,18,19). The van der Waals surface area contributed by atoms with Crippen LogP contribution < -0.4 is 4.74 Å². The summed E-state index contributed by atoms with van der Waals surface area (Å²) >= 11 is 0. The zero-order valence-electron chi connectivity index (χ0n) is 12.4. The van der Waals surface area contributed by atoms with Gasteiger partial charge < -0.3 is 9.84 Å². The van der Waals surface area contributed by atoms with E-state index in [1.807, 2.05) is 24.3 Å². The first-order valence-corrected chi connectivity index (χ1v) is 7.51. The molecule has 110 valence electrons. The summed E-state index contributed by atoms with van der Waals surface area (Å²) < 4.78 is 5.66. The van der Waals surface area contributed by atoms with E-state index in [1.54, 1.807) is 0 Å². The number of carbonyl (C=O) groups is 1. The van der Waals surface area contributed by atoms with Crippen molar-refractivity contribution in [3.05, 3.63) is 29.8 Å². The Labute approximate surface area is 121 Å². The van der Waals surface area contributed by atoms with E-state index in [4.69, 9.17) is 4.74 Å². The van der Waals surface area contributed by atoms with Gasteiger partial charge in [-0.25, -0.2) is 0 Å². The minimum atomic E-state index is -0.687. The molecule has 0 aliphatic heterocycles. The van der Waals surface area contributed by atoms with E-state index in [9.17, 15) is 9.90 Å². The van der Waals surface area contributed by atoms with Crippen molar-refractivity contribution in [2.24, 2.45) is 5.92 Å². The molecule has 1 aliphatic carbocycles. The van der Waals surface area contributed by atoms with E-state index in [0.29, 0.717) is 12.5 Å². The van der Waals surface area contributed by atoms with Gasteiger partial charge in [-0.2, -0.15) is 0 Å². The molecule has 0 unspecified atom stereocenters. The molecule has 1 saturated carbocycles. The monoisotopic (exact) mass is 276 g/mol. The quantitative estimate of drug-likeness (QED) is 0.884. The molecule has 1 N–H and O–H groups in total. The van der Waals surface area contributed by atoms with Crippen LogP contribution in [0.4, 0.5) is 0 Å². The van der Waals surface area contributed by atoms with Crippen molar-refractivity contribution in [2.75, 3.05) is 6.61 Å². The molecule has 1 fully saturated rings. The minimum Gasteiger partial charge on any atom is -0.493 e. The van der Waals surface area contributed by atoms with Crippen LogP contribution in [0.15, 0.2) is 24.3 Å². The van der Waals surface area contributed by atoms with Gasteiger partial charge in [-0.3, -0.25) is 4.79 Å². The molecule has 1 aromatic rings. The summed E-state index contributed by atoms with van der Waals surface area (Å²) in [6.07, 6.45) is 4.63. The number of rotatable bonds is 5. The first-order valence-electron chi connectivity index (χ1n) is 7.51. The molecule has 0 aromatic heterocycles. The lowest BCUT2D eigenvalue weighted by molar-refractivity contribution is -0.145.